The van der Waals surface area contributed by atoms with E-state index in [1.165, 1.54) is 7.11 Å². The van der Waals surface area contributed by atoms with Crippen LogP contribution in [0.3, 0.4) is 0 Å². The van der Waals surface area contributed by atoms with Crippen LogP contribution >= 0.6 is 0 Å². The van der Waals surface area contributed by atoms with Crippen molar-refractivity contribution in [2.24, 2.45) is 5.92 Å². The van der Waals surface area contributed by atoms with E-state index in [9.17, 15) is 9.59 Å². The van der Waals surface area contributed by atoms with Crippen LogP contribution in [0.25, 0.3) is 0 Å². The highest BCUT2D eigenvalue weighted by molar-refractivity contribution is 6.08. The molecule has 0 aromatic heterocycles. The Hall–Kier alpha value is -1.90. The molecule has 0 amide bonds. The van der Waals surface area contributed by atoms with Gasteiger partial charge in [0.25, 0.3) is 0 Å². The first-order valence-electron chi connectivity index (χ1n) is 4.98. The van der Waals surface area contributed by atoms with E-state index in [4.69, 9.17) is 0 Å². The Labute approximate surface area is 94.7 Å². The van der Waals surface area contributed by atoms with Crippen LogP contribution in [0.5, 0.6) is 0 Å². The molecule has 0 radical (unpaired) electrons. The third-order valence-corrected chi connectivity index (χ3v) is 2.26. The van der Waals surface area contributed by atoms with Gasteiger partial charge in [0.05, 0.1) is 7.11 Å². The van der Waals surface area contributed by atoms with Crippen LogP contribution in [0, 0.1) is 5.92 Å². The monoisotopic (exact) mass is 218 g/mol. The lowest BCUT2D eigenvalue weighted by molar-refractivity contribution is -0.143. The van der Waals surface area contributed by atoms with Crippen LogP contribution in [-0.4, -0.2) is 18.9 Å². The molecule has 1 unspecified atom stereocenters. The van der Waals surface area contributed by atoms with Crippen LogP contribution in [0.2, 0.25) is 0 Å². The van der Waals surface area contributed by atoms with Crippen molar-refractivity contribution in [3.8, 4) is 0 Å². The van der Waals surface area contributed by atoms with Crippen molar-refractivity contribution in [3.63, 3.8) is 0 Å². The highest BCUT2D eigenvalue weighted by Crippen LogP contribution is 2.14. The average molecular weight is 218 g/mol. The Morgan fingerprint density at radius 1 is 1.38 bits per heavy atom. The summed E-state index contributed by atoms with van der Waals surface area (Å²) >= 11 is 0. The van der Waals surface area contributed by atoms with E-state index in [1.54, 1.807) is 30.3 Å². The molecule has 1 atom stereocenters. The second-order valence-electron chi connectivity index (χ2n) is 3.33. The van der Waals surface area contributed by atoms with Crippen molar-refractivity contribution in [3.05, 3.63) is 48.6 Å². The molecule has 3 nitrogen and oxygen atoms in total. The summed E-state index contributed by atoms with van der Waals surface area (Å²) in [4.78, 5) is 23.4. The summed E-state index contributed by atoms with van der Waals surface area (Å²) in [5, 5.41) is 0. The Morgan fingerprint density at radius 2 is 2.00 bits per heavy atom. The highest BCUT2D eigenvalue weighted by Gasteiger charge is 2.26. The molecule has 1 aromatic rings. The van der Waals surface area contributed by atoms with Gasteiger partial charge in [-0.3, -0.25) is 9.59 Å². The number of methoxy groups -OCH3 is 1. The number of ketones is 1. The van der Waals surface area contributed by atoms with E-state index < -0.39 is 11.9 Å². The number of rotatable bonds is 5. The summed E-state index contributed by atoms with van der Waals surface area (Å²) < 4.78 is 4.60. The Bertz CT molecular complexity index is 381. The second kappa shape index (κ2) is 5.85. The molecule has 0 fully saturated rings. The summed E-state index contributed by atoms with van der Waals surface area (Å²) in [6.45, 7) is 3.53. The lowest BCUT2D eigenvalue weighted by Gasteiger charge is -2.11. The number of carbonyl (C=O) groups excluding carboxylic acids is 2. The molecule has 0 heterocycles. The fourth-order valence-electron chi connectivity index (χ4n) is 1.42. The molecule has 16 heavy (non-hydrogen) atoms. The summed E-state index contributed by atoms with van der Waals surface area (Å²) in [7, 11) is 1.27. The quantitative estimate of drug-likeness (QED) is 0.329. The fraction of sp³-hybridized carbons (Fsp3) is 0.231. The van der Waals surface area contributed by atoms with Gasteiger partial charge >= 0.3 is 5.97 Å². The molecule has 0 bridgehead atoms. The average Bonchev–Trinajstić information content (AvgIpc) is 2.35. The van der Waals surface area contributed by atoms with E-state index in [0.717, 1.165) is 0 Å². The maximum absolute atomic E-state index is 12.0. The van der Waals surface area contributed by atoms with Gasteiger partial charge < -0.3 is 4.74 Å². The number of benzene rings is 1. The first-order valence-corrected chi connectivity index (χ1v) is 4.98. The Kier molecular flexibility index (Phi) is 4.45. The summed E-state index contributed by atoms with van der Waals surface area (Å²) in [6, 6.07) is 8.70. The van der Waals surface area contributed by atoms with Crippen LogP contribution < -0.4 is 0 Å². The van der Waals surface area contributed by atoms with Crippen molar-refractivity contribution in [1.82, 2.24) is 0 Å². The second-order valence-corrected chi connectivity index (χ2v) is 3.33. The highest BCUT2D eigenvalue weighted by atomic mass is 16.5. The number of carbonyl (C=O) groups is 2. The molecule has 84 valence electrons. The zero-order valence-corrected chi connectivity index (χ0v) is 9.18. The van der Waals surface area contributed by atoms with Crippen LogP contribution in [0.15, 0.2) is 43.0 Å². The minimum atomic E-state index is -0.787. The number of hydrogen-bond acceptors (Lipinski definition) is 3. The lowest BCUT2D eigenvalue weighted by atomic mass is 9.95. The van der Waals surface area contributed by atoms with E-state index in [1.807, 2.05) is 6.07 Å². The topological polar surface area (TPSA) is 43.4 Å². The summed E-state index contributed by atoms with van der Waals surface area (Å²) in [5.41, 5.74) is 0.514. The number of allylic oxidation sites excluding steroid dienone is 1. The van der Waals surface area contributed by atoms with Crippen LogP contribution in [0.4, 0.5) is 0 Å². The van der Waals surface area contributed by atoms with Gasteiger partial charge in [0, 0.05) is 5.56 Å². The number of Topliss-reactive ketones (excluding diaryl/α,β-unsaturated/α-hetero) is 1. The van der Waals surface area contributed by atoms with Crippen LogP contribution in [0.1, 0.15) is 16.8 Å². The molecule has 1 aromatic carbocycles. The van der Waals surface area contributed by atoms with Gasteiger partial charge in [-0.25, -0.2) is 0 Å². The molecule has 0 saturated heterocycles. The Morgan fingerprint density at radius 3 is 2.50 bits per heavy atom. The number of hydrogen-bond donors (Lipinski definition) is 0. The molecule has 0 spiro atoms. The lowest BCUT2D eigenvalue weighted by Crippen LogP contribution is -2.24. The van der Waals surface area contributed by atoms with Crippen molar-refractivity contribution in [2.75, 3.05) is 7.11 Å². The molecule has 1 rings (SSSR count). The van der Waals surface area contributed by atoms with Crippen molar-refractivity contribution in [2.45, 2.75) is 6.42 Å². The normalized spacial score (nSPS) is 11.6. The van der Waals surface area contributed by atoms with E-state index >= 15 is 0 Å². The van der Waals surface area contributed by atoms with E-state index in [0.29, 0.717) is 12.0 Å². The SMILES string of the molecule is C=CCC(C(=O)OC)C(=O)c1ccccc1. The molecular formula is C13H14O3. The van der Waals surface area contributed by atoms with Gasteiger partial charge in [0.15, 0.2) is 5.78 Å². The van der Waals surface area contributed by atoms with Gasteiger partial charge in [0.2, 0.25) is 0 Å². The van der Waals surface area contributed by atoms with Gasteiger partial charge in [-0.05, 0) is 6.42 Å². The molecule has 0 aliphatic carbocycles. The Balaban J connectivity index is 2.91. The molecule has 3 heteroatoms. The predicted octanol–water partition coefficient (Wildman–Crippen LogP) is 2.23. The van der Waals surface area contributed by atoms with Crippen molar-refractivity contribution < 1.29 is 14.3 Å². The van der Waals surface area contributed by atoms with E-state index in [2.05, 4.69) is 11.3 Å². The molecule has 0 N–H and O–H groups in total. The number of esters is 1. The van der Waals surface area contributed by atoms with E-state index in [-0.39, 0.29) is 5.78 Å². The summed E-state index contributed by atoms with van der Waals surface area (Å²) in [6.07, 6.45) is 1.84. The largest absolute Gasteiger partial charge is 0.468 e. The number of ether oxygens (including phenoxy) is 1. The minimum Gasteiger partial charge on any atom is -0.468 e. The molecular weight excluding hydrogens is 204 g/mol. The third kappa shape index (κ3) is 2.79. The maximum atomic E-state index is 12.0. The van der Waals surface area contributed by atoms with Crippen molar-refractivity contribution in [1.29, 1.82) is 0 Å². The fourth-order valence-corrected chi connectivity index (χ4v) is 1.42. The van der Waals surface area contributed by atoms with Crippen LogP contribution in [-0.2, 0) is 9.53 Å². The van der Waals surface area contributed by atoms with Crippen molar-refractivity contribution >= 4 is 11.8 Å². The zero-order chi connectivity index (χ0) is 12.0. The van der Waals surface area contributed by atoms with Gasteiger partial charge in [-0.1, -0.05) is 36.4 Å². The van der Waals surface area contributed by atoms with Gasteiger partial charge in [-0.15, -0.1) is 6.58 Å². The smallest absolute Gasteiger partial charge is 0.316 e. The van der Waals surface area contributed by atoms with Gasteiger partial charge in [-0.2, -0.15) is 0 Å². The zero-order valence-electron chi connectivity index (χ0n) is 9.18. The first kappa shape index (κ1) is 12.2. The summed E-state index contributed by atoms with van der Waals surface area (Å²) in [5.74, 6) is -1.54. The maximum Gasteiger partial charge on any atom is 0.316 e. The predicted molar refractivity (Wildman–Crippen MR) is 61.1 cm³/mol. The minimum absolute atomic E-state index is 0.229. The third-order valence-electron chi connectivity index (χ3n) is 2.26. The standard InChI is InChI=1S/C13H14O3/c1-3-7-11(13(15)16-2)12(14)10-8-5-4-6-9-10/h3-6,8-9,11H,1,7H2,2H3. The molecule has 0 aliphatic heterocycles. The van der Waals surface area contributed by atoms with Gasteiger partial charge in [0.1, 0.15) is 5.92 Å². The molecule has 0 saturated carbocycles. The first-order chi connectivity index (χ1) is 7.70. The molecule has 0 aliphatic rings.